The van der Waals surface area contributed by atoms with Crippen LogP contribution >= 0.6 is 0 Å². The fourth-order valence-corrected chi connectivity index (χ4v) is 2.66. The molecule has 0 spiro atoms. The summed E-state index contributed by atoms with van der Waals surface area (Å²) in [6, 6.07) is 3.69. The van der Waals surface area contributed by atoms with E-state index in [-0.39, 0.29) is 30.7 Å². The molecule has 1 atom stereocenters. The quantitative estimate of drug-likeness (QED) is 0.845. The Morgan fingerprint density at radius 1 is 1.14 bits per heavy atom. The lowest BCUT2D eigenvalue weighted by molar-refractivity contribution is -0.137. The van der Waals surface area contributed by atoms with E-state index in [4.69, 9.17) is 5.11 Å². The lowest BCUT2D eigenvalue weighted by atomic mass is 9.99. The molecule has 0 radical (unpaired) electrons. The zero-order valence-corrected chi connectivity index (χ0v) is 12.5. The second kappa shape index (κ2) is 5.68. The van der Waals surface area contributed by atoms with Crippen molar-refractivity contribution < 1.29 is 19.5 Å². The topological polar surface area (TPSA) is 74.7 Å². The number of carbonyl (C=O) groups excluding carboxylic acids is 2. The number of benzene rings is 1. The number of imide groups is 1. The highest BCUT2D eigenvalue weighted by molar-refractivity contribution is 6.22. The van der Waals surface area contributed by atoms with Crippen LogP contribution in [0.4, 0.5) is 0 Å². The van der Waals surface area contributed by atoms with Gasteiger partial charge in [0, 0.05) is 13.0 Å². The number of rotatable bonds is 5. The summed E-state index contributed by atoms with van der Waals surface area (Å²) in [5.74, 6) is -1.43. The van der Waals surface area contributed by atoms with Crippen molar-refractivity contribution in [2.75, 3.05) is 6.54 Å². The van der Waals surface area contributed by atoms with Crippen molar-refractivity contribution in [1.82, 2.24) is 4.90 Å². The number of fused-ring (bicyclic) bond motifs is 1. The Hall–Kier alpha value is -2.17. The van der Waals surface area contributed by atoms with Crippen molar-refractivity contribution in [2.45, 2.75) is 33.6 Å². The first-order valence-electron chi connectivity index (χ1n) is 7.01. The van der Waals surface area contributed by atoms with Crippen molar-refractivity contribution in [2.24, 2.45) is 5.92 Å². The van der Waals surface area contributed by atoms with Gasteiger partial charge in [-0.15, -0.1) is 0 Å². The maximum Gasteiger partial charge on any atom is 0.303 e. The molecular weight excluding hydrogens is 270 g/mol. The molecule has 1 heterocycles. The van der Waals surface area contributed by atoms with E-state index < -0.39 is 5.97 Å². The molecule has 0 aromatic heterocycles. The Balaban J connectivity index is 2.20. The highest BCUT2D eigenvalue weighted by atomic mass is 16.4. The lowest BCUT2D eigenvalue weighted by Crippen LogP contribution is -2.34. The summed E-state index contributed by atoms with van der Waals surface area (Å²) < 4.78 is 0. The lowest BCUT2D eigenvalue weighted by Gasteiger charge is -2.18. The highest BCUT2D eigenvalue weighted by Crippen LogP contribution is 2.29. The third-order valence-electron chi connectivity index (χ3n) is 3.89. The third-order valence-corrected chi connectivity index (χ3v) is 3.89. The summed E-state index contributed by atoms with van der Waals surface area (Å²) in [6.45, 7) is 5.76. The largest absolute Gasteiger partial charge is 0.481 e. The maximum absolute atomic E-state index is 12.4. The van der Waals surface area contributed by atoms with Crippen LogP contribution in [0.15, 0.2) is 12.1 Å². The molecule has 112 valence electrons. The molecule has 1 aromatic carbocycles. The third kappa shape index (κ3) is 2.82. The number of carbonyl (C=O) groups is 3. The summed E-state index contributed by atoms with van der Waals surface area (Å²) >= 11 is 0. The number of nitrogens with zero attached hydrogens (tertiary/aromatic N) is 1. The second-order valence-electron chi connectivity index (χ2n) is 5.71. The second-order valence-corrected chi connectivity index (χ2v) is 5.71. The summed E-state index contributed by atoms with van der Waals surface area (Å²) in [4.78, 5) is 36.7. The Kier molecular flexibility index (Phi) is 4.11. The van der Waals surface area contributed by atoms with Crippen LogP contribution in [0.25, 0.3) is 0 Å². The first kappa shape index (κ1) is 15.2. The minimum Gasteiger partial charge on any atom is -0.481 e. The van der Waals surface area contributed by atoms with Crippen molar-refractivity contribution >= 4 is 17.8 Å². The highest BCUT2D eigenvalue weighted by Gasteiger charge is 2.38. The van der Waals surface area contributed by atoms with Gasteiger partial charge >= 0.3 is 5.97 Å². The number of aliphatic carboxylic acids is 1. The van der Waals surface area contributed by atoms with E-state index in [9.17, 15) is 14.4 Å². The van der Waals surface area contributed by atoms with E-state index in [1.807, 2.05) is 32.9 Å². The Morgan fingerprint density at radius 3 is 2.05 bits per heavy atom. The van der Waals surface area contributed by atoms with E-state index in [0.29, 0.717) is 17.5 Å². The molecule has 0 fully saturated rings. The molecule has 1 aliphatic rings. The number of aryl methyl sites for hydroxylation is 2. The Bertz CT molecular complexity index is 580. The van der Waals surface area contributed by atoms with Crippen LogP contribution in [-0.4, -0.2) is 34.3 Å². The van der Waals surface area contributed by atoms with Gasteiger partial charge in [0.25, 0.3) is 11.8 Å². The van der Waals surface area contributed by atoms with Crippen LogP contribution in [-0.2, 0) is 4.79 Å². The summed E-state index contributed by atoms with van der Waals surface area (Å²) in [5.41, 5.74) is 2.58. The van der Waals surface area contributed by atoms with E-state index in [1.54, 1.807) is 0 Å². The molecule has 2 rings (SSSR count). The maximum atomic E-state index is 12.4. The van der Waals surface area contributed by atoms with Gasteiger partial charge in [-0.1, -0.05) is 19.1 Å². The summed E-state index contributed by atoms with van der Waals surface area (Å²) in [7, 11) is 0. The minimum absolute atomic E-state index is 0.0380. The molecule has 0 saturated heterocycles. The number of amides is 2. The average Bonchev–Trinajstić information content (AvgIpc) is 2.66. The van der Waals surface area contributed by atoms with Gasteiger partial charge in [-0.25, -0.2) is 0 Å². The molecular formula is C16H19NO4. The standard InChI is InChI=1S/C16H19NO4/c1-9(4-7-12(18)19)8-17-15(20)13-10(2)5-6-11(3)14(13)16(17)21/h5-6,9H,4,7-8H2,1-3H3,(H,18,19). The van der Waals surface area contributed by atoms with Gasteiger partial charge < -0.3 is 5.11 Å². The van der Waals surface area contributed by atoms with Crippen LogP contribution in [0.3, 0.4) is 0 Å². The van der Waals surface area contributed by atoms with Crippen molar-refractivity contribution in [3.63, 3.8) is 0 Å². The van der Waals surface area contributed by atoms with E-state index >= 15 is 0 Å². The number of hydrogen-bond donors (Lipinski definition) is 1. The predicted octanol–water partition coefficient (Wildman–Crippen LogP) is 2.40. The molecule has 1 aliphatic heterocycles. The van der Waals surface area contributed by atoms with E-state index in [1.165, 1.54) is 4.90 Å². The molecule has 5 heteroatoms. The van der Waals surface area contributed by atoms with Gasteiger partial charge in [-0.2, -0.15) is 0 Å². The zero-order valence-electron chi connectivity index (χ0n) is 12.5. The average molecular weight is 289 g/mol. The minimum atomic E-state index is -0.865. The normalized spacial score (nSPS) is 15.3. The van der Waals surface area contributed by atoms with Crippen LogP contribution in [0, 0.1) is 19.8 Å². The number of carboxylic acid groups (broad SMARTS) is 1. The van der Waals surface area contributed by atoms with Crippen LogP contribution < -0.4 is 0 Å². The molecule has 0 bridgehead atoms. The molecule has 2 amide bonds. The zero-order chi connectivity index (χ0) is 15.7. The van der Waals surface area contributed by atoms with Gasteiger partial charge in [0.1, 0.15) is 0 Å². The van der Waals surface area contributed by atoms with Crippen molar-refractivity contribution in [3.8, 4) is 0 Å². The smallest absolute Gasteiger partial charge is 0.303 e. The van der Waals surface area contributed by atoms with Gasteiger partial charge in [-0.05, 0) is 37.3 Å². The molecule has 0 aliphatic carbocycles. The van der Waals surface area contributed by atoms with Crippen molar-refractivity contribution in [3.05, 3.63) is 34.4 Å². The van der Waals surface area contributed by atoms with Crippen LogP contribution in [0.5, 0.6) is 0 Å². The van der Waals surface area contributed by atoms with Crippen LogP contribution in [0.2, 0.25) is 0 Å². The SMILES string of the molecule is Cc1ccc(C)c2c1C(=O)N(CC(C)CCC(=O)O)C2=O. The van der Waals surface area contributed by atoms with Gasteiger partial charge in [0.05, 0.1) is 11.1 Å². The molecule has 5 nitrogen and oxygen atoms in total. The molecule has 1 aromatic rings. The predicted molar refractivity (Wildman–Crippen MR) is 77.3 cm³/mol. The fourth-order valence-electron chi connectivity index (χ4n) is 2.66. The first-order valence-corrected chi connectivity index (χ1v) is 7.01. The van der Waals surface area contributed by atoms with E-state index in [0.717, 1.165) is 11.1 Å². The van der Waals surface area contributed by atoms with Crippen LogP contribution in [0.1, 0.15) is 51.6 Å². The number of hydrogen-bond acceptors (Lipinski definition) is 3. The van der Waals surface area contributed by atoms with E-state index in [2.05, 4.69) is 0 Å². The first-order chi connectivity index (χ1) is 9.82. The van der Waals surface area contributed by atoms with Gasteiger partial charge in [0.15, 0.2) is 0 Å². The van der Waals surface area contributed by atoms with Gasteiger partial charge in [0.2, 0.25) is 0 Å². The van der Waals surface area contributed by atoms with Crippen molar-refractivity contribution in [1.29, 1.82) is 0 Å². The summed E-state index contributed by atoms with van der Waals surface area (Å²) in [5, 5.41) is 8.69. The Morgan fingerprint density at radius 2 is 1.62 bits per heavy atom. The molecule has 1 N–H and O–H groups in total. The summed E-state index contributed by atoms with van der Waals surface area (Å²) in [6.07, 6.45) is 0.489. The monoisotopic (exact) mass is 289 g/mol. The molecule has 1 unspecified atom stereocenters. The molecule has 0 saturated carbocycles. The van der Waals surface area contributed by atoms with Gasteiger partial charge in [-0.3, -0.25) is 19.3 Å². The number of carboxylic acids is 1. The Labute approximate surface area is 123 Å². The molecule has 21 heavy (non-hydrogen) atoms. The fraction of sp³-hybridized carbons (Fsp3) is 0.438.